The van der Waals surface area contributed by atoms with E-state index >= 15 is 0 Å². The molecule has 1 aliphatic carbocycles. The van der Waals surface area contributed by atoms with Gasteiger partial charge >= 0.3 is 0 Å². The van der Waals surface area contributed by atoms with Gasteiger partial charge in [0.15, 0.2) is 0 Å². The van der Waals surface area contributed by atoms with Gasteiger partial charge in [-0.05, 0) is 0 Å². The molecule has 0 atom stereocenters. The lowest BCUT2D eigenvalue weighted by Gasteiger charge is -2.05. The van der Waals surface area contributed by atoms with Gasteiger partial charge in [-0.15, -0.1) is 10.6 Å². The molecule has 0 aromatic rings. The predicted molar refractivity (Wildman–Crippen MR) is 74.9 cm³/mol. The Morgan fingerprint density at radius 1 is 0.733 bits per heavy atom. The molecule has 0 unspecified atom stereocenters. The van der Waals surface area contributed by atoms with Crippen molar-refractivity contribution in [2.24, 2.45) is 11.8 Å². The SMILES string of the molecule is C1CCCCC1.CC(C)[CH2][Al][CH2]C(C)C.[HH]. The van der Waals surface area contributed by atoms with E-state index in [1.807, 2.05) is 0 Å². The zero-order valence-electron chi connectivity index (χ0n) is 11.4. The van der Waals surface area contributed by atoms with Crippen LogP contribution < -0.4 is 0 Å². The van der Waals surface area contributed by atoms with Gasteiger partial charge in [0.1, 0.15) is 0 Å². The molecule has 0 N–H and O–H groups in total. The molecule has 0 amide bonds. The molecule has 1 fully saturated rings. The molecule has 1 radical (unpaired) electrons. The average Bonchev–Trinajstić information content (AvgIpc) is 2.20. The lowest BCUT2D eigenvalue weighted by Crippen LogP contribution is -1.99. The topological polar surface area (TPSA) is 0 Å². The maximum atomic E-state index is 2.31. The first-order valence-electron chi connectivity index (χ1n) is 6.94. The second-order valence-corrected chi connectivity index (χ2v) is 7.19. The van der Waals surface area contributed by atoms with Crippen molar-refractivity contribution in [3.05, 3.63) is 0 Å². The predicted octanol–water partition coefficient (Wildman–Crippen LogP) is 5.43. The summed E-state index contributed by atoms with van der Waals surface area (Å²) in [5.41, 5.74) is 0. The third kappa shape index (κ3) is 14.5. The highest BCUT2D eigenvalue weighted by atomic mass is 27.1. The molecule has 1 rings (SSSR count). The molecule has 0 heterocycles. The number of hydrogen-bond donors (Lipinski definition) is 0. The van der Waals surface area contributed by atoms with Crippen molar-refractivity contribution in [3.8, 4) is 0 Å². The molecule has 0 aromatic carbocycles. The molecule has 15 heavy (non-hydrogen) atoms. The van der Waals surface area contributed by atoms with Crippen molar-refractivity contribution in [3.63, 3.8) is 0 Å². The summed E-state index contributed by atoms with van der Waals surface area (Å²) in [5.74, 6) is 1.86. The van der Waals surface area contributed by atoms with Crippen molar-refractivity contribution in [1.29, 1.82) is 0 Å². The summed E-state index contributed by atoms with van der Waals surface area (Å²) >= 11 is 0.755. The third-order valence-corrected chi connectivity index (χ3v) is 5.33. The lowest BCUT2D eigenvalue weighted by molar-refractivity contribution is 0.504. The zero-order chi connectivity index (χ0) is 11.5. The van der Waals surface area contributed by atoms with Gasteiger partial charge in [0, 0.05) is 1.43 Å². The van der Waals surface area contributed by atoms with E-state index in [1.54, 1.807) is 0 Å². The molecule has 0 saturated heterocycles. The Morgan fingerprint density at radius 3 is 1.20 bits per heavy atom. The van der Waals surface area contributed by atoms with Crippen LogP contribution in [0.3, 0.4) is 0 Å². The Balaban J connectivity index is 0. The summed E-state index contributed by atoms with van der Waals surface area (Å²) in [6, 6.07) is 0. The molecule has 0 bridgehead atoms. The first-order valence-corrected chi connectivity index (χ1v) is 8.58. The van der Waals surface area contributed by atoms with Gasteiger partial charge < -0.3 is 0 Å². The Kier molecular flexibility index (Phi) is 11.4. The molecule has 0 nitrogen and oxygen atoms in total. The van der Waals surface area contributed by atoms with Gasteiger partial charge in [0.25, 0.3) is 0 Å². The highest BCUT2D eigenvalue weighted by Crippen LogP contribution is 2.15. The largest absolute Gasteiger partial charge is 0.200 e. The monoisotopic (exact) mass is 227 g/mol. The second kappa shape index (κ2) is 11.0. The van der Waals surface area contributed by atoms with E-state index in [9.17, 15) is 0 Å². The van der Waals surface area contributed by atoms with Gasteiger partial charge in [-0.25, -0.2) is 0 Å². The molecule has 1 aliphatic rings. The van der Waals surface area contributed by atoms with Crippen LogP contribution in [-0.4, -0.2) is 15.2 Å². The first kappa shape index (κ1) is 15.5. The second-order valence-electron chi connectivity index (χ2n) is 5.67. The number of rotatable bonds is 4. The van der Waals surface area contributed by atoms with E-state index in [4.69, 9.17) is 0 Å². The van der Waals surface area contributed by atoms with E-state index in [2.05, 4.69) is 27.7 Å². The molecule has 1 saturated carbocycles. The van der Waals surface area contributed by atoms with E-state index in [1.165, 1.54) is 49.1 Å². The van der Waals surface area contributed by atoms with Gasteiger partial charge in [-0.3, -0.25) is 0 Å². The van der Waals surface area contributed by atoms with Crippen LogP contribution in [0.2, 0.25) is 10.6 Å². The van der Waals surface area contributed by atoms with E-state index < -0.39 is 0 Å². The Hall–Kier alpha value is 0.532. The Morgan fingerprint density at radius 2 is 1.00 bits per heavy atom. The smallest absolute Gasteiger partial charge is 0.102 e. The van der Waals surface area contributed by atoms with Gasteiger partial charge in [0.05, 0.1) is 0 Å². The van der Waals surface area contributed by atoms with Crippen LogP contribution in [0.1, 0.15) is 67.6 Å². The van der Waals surface area contributed by atoms with Crippen LogP contribution in [0.5, 0.6) is 0 Å². The quantitative estimate of drug-likeness (QED) is 0.562. The maximum absolute atomic E-state index is 2.31. The fourth-order valence-corrected chi connectivity index (χ4v) is 3.35. The minimum absolute atomic E-state index is 0. The molecule has 0 aliphatic heterocycles. The fraction of sp³-hybridized carbons (Fsp3) is 1.00. The van der Waals surface area contributed by atoms with Crippen LogP contribution in [0, 0.1) is 11.8 Å². The summed E-state index contributed by atoms with van der Waals surface area (Å²) in [5, 5.41) is 2.97. The summed E-state index contributed by atoms with van der Waals surface area (Å²) in [6.07, 6.45) is 9.00. The van der Waals surface area contributed by atoms with E-state index in [-0.39, 0.29) is 1.43 Å². The molecule has 0 spiro atoms. The minimum atomic E-state index is 0. The van der Waals surface area contributed by atoms with Crippen molar-refractivity contribution in [1.82, 2.24) is 0 Å². The standard InChI is InChI=1S/C6H12.2C4H9.Al.H2/c1-2-4-6-5-3-1;2*1-4(2)3;;/h1-6H2;2*4H,1H2,2-3H3;;1H. The van der Waals surface area contributed by atoms with Crippen molar-refractivity contribution in [2.75, 3.05) is 0 Å². The first-order chi connectivity index (χ1) is 7.13. The summed E-state index contributed by atoms with van der Waals surface area (Å²) < 4.78 is 0. The van der Waals surface area contributed by atoms with Crippen LogP contribution in [-0.2, 0) is 0 Å². The van der Waals surface area contributed by atoms with Gasteiger partial charge in [0.2, 0.25) is 15.2 Å². The summed E-state index contributed by atoms with van der Waals surface area (Å²) in [4.78, 5) is 0. The Labute approximate surface area is 105 Å². The van der Waals surface area contributed by atoms with Gasteiger partial charge in [-0.2, -0.15) is 0 Å². The number of hydrogen-bond acceptors (Lipinski definition) is 0. The van der Waals surface area contributed by atoms with Crippen LogP contribution in [0.15, 0.2) is 0 Å². The minimum Gasteiger partial charge on any atom is -0.102 e. The molecule has 1 heteroatoms. The maximum Gasteiger partial charge on any atom is 0.200 e. The Bertz CT molecular complexity index is 100. The highest BCUT2D eigenvalue weighted by molar-refractivity contribution is 6.35. The molecule has 0 aromatic heterocycles. The van der Waals surface area contributed by atoms with E-state index in [0.29, 0.717) is 0 Å². The fourth-order valence-electron chi connectivity index (χ4n) is 1.82. The van der Waals surface area contributed by atoms with Crippen LogP contribution in [0.25, 0.3) is 0 Å². The average molecular weight is 227 g/mol. The van der Waals surface area contributed by atoms with Gasteiger partial charge in [-0.1, -0.05) is 78.1 Å². The molecule has 91 valence electrons. The summed E-state index contributed by atoms with van der Waals surface area (Å²) in [7, 11) is 0. The van der Waals surface area contributed by atoms with Crippen molar-refractivity contribution in [2.45, 2.75) is 76.8 Å². The normalized spacial score (nSPS) is 16.1. The third-order valence-electron chi connectivity index (χ3n) is 2.78. The van der Waals surface area contributed by atoms with Crippen LogP contribution in [0.4, 0.5) is 0 Å². The zero-order valence-corrected chi connectivity index (χ0v) is 12.5. The van der Waals surface area contributed by atoms with Crippen molar-refractivity contribution < 1.29 is 1.43 Å². The summed E-state index contributed by atoms with van der Waals surface area (Å²) in [6.45, 7) is 9.25. The lowest BCUT2D eigenvalue weighted by atomic mass is 10.0. The molecular formula is C14H32Al. The van der Waals surface area contributed by atoms with E-state index in [0.717, 1.165) is 27.1 Å². The van der Waals surface area contributed by atoms with Crippen molar-refractivity contribution >= 4 is 15.2 Å². The molecular weight excluding hydrogens is 195 g/mol. The highest BCUT2D eigenvalue weighted by Gasteiger charge is 1.98. The van der Waals surface area contributed by atoms with Crippen LogP contribution >= 0.6 is 0 Å².